The SMILES string of the molecule is Cc1ccc2nc(N(/N=C/c3ccc(F)cc3)C(=O)c3ccc(S(=O)(=O)N4CC(C)CC(C)C4)cc3)sc2c1. The van der Waals surface area contributed by atoms with Crippen LogP contribution in [0.3, 0.4) is 0 Å². The summed E-state index contributed by atoms with van der Waals surface area (Å²) in [6.45, 7) is 7.07. The van der Waals surface area contributed by atoms with Crippen molar-refractivity contribution in [3.63, 3.8) is 0 Å². The van der Waals surface area contributed by atoms with Gasteiger partial charge in [0.15, 0.2) is 0 Å². The summed E-state index contributed by atoms with van der Waals surface area (Å²) in [6.07, 6.45) is 2.46. The second kappa shape index (κ2) is 11.0. The lowest BCUT2D eigenvalue weighted by atomic mass is 9.94. The summed E-state index contributed by atoms with van der Waals surface area (Å²) < 4.78 is 42.4. The number of halogens is 1. The Labute approximate surface area is 231 Å². The maximum absolute atomic E-state index is 13.7. The summed E-state index contributed by atoms with van der Waals surface area (Å²) >= 11 is 1.32. The van der Waals surface area contributed by atoms with E-state index in [4.69, 9.17) is 0 Å². The number of piperidine rings is 1. The lowest BCUT2D eigenvalue weighted by Gasteiger charge is -2.34. The number of hydrogen-bond acceptors (Lipinski definition) is 6. The van der Waals surface area contributed by atoms with Crippen LogP contribution in [0.25, 0.3) is 10.2 Å². The fraction of sp³-hybridized carbons (Fsp3) is 0.276. The molecule has 0 saturated carbocycles. The van der Waals surface area contributed by atoms with Crippen molar-refractivity contribution in [2.24, 2.45) is 16.9 Å². The largest absolute Gasteiger partial charge is 0.280 e. The van der Waals surface area contributed by atoms with Crippen LogP contribution in [0.15, 0.2) is 76.7 Å². The smallest absolute Gasteiger partial charge is 0.267 e. The van der Waals surface area contributed by atoms with Gasteiger partial charge < -0.3 is 0 Å². The van der Waals surface area contributed by atoms with Gasteiger partial charge in [-0.15, -0.1) is 0 Å². The van der Waals surface area contributed by atoms with Gasteiger partial charge in [-0.1, -0.05) is 43.4 Å². The van der Waals surface area contributed by atoms with Gasteiger partial charge in [0.2, 0.25) is 15.2 Å². The van der Waals surface area contributed by atoms with Crippen molar-refractivity contribution in [2.45, 2.75) is 32.1 Å². The molecule has 0 N–H and O–H groups in total. The molecule has 2 unspecified atom stereocenters. The zero-order chi connectivity index (χ0) is 27.7. The predicted octanol–water partition coefficient (Wildman–Crippen LogP) is 6.09. The molecule has 4 aromatic rings. The third-order valence-corrected chi connectivity index (χ3v) is 9.51. The number of hydrogen-bond donors (Lipinski definition) is 0. The Morgan fingerprint density at radius 2 is 1.72 bits per heavy atom. The van der Waals surface area contributed by atoms with Crippen molar-refractivity contribution in [2.75, 3.05) is 18.1 Å². The lowest BCUT2D eigenvalue weighted by Crippen LogP contribution is -2.42. The molecular weight excluding hydrogens is 535 g/mol. The second-order valence-corrected chi connectivity index (χ2v) is 13.1. The van der Waals surface area contributed by atoms with Crippen LogP contribution >= 0.6 is 11.3 Å². The average molecular weight is 565 g/mol. The summed E-state index contributed by atoms with van der Waals surface area (Å²) in [7, 11) is -3.68. The molecule has 202 valence electrons. The van der Waals surface area contributed by atoms with Crippen LogP contribution in [0, 0.1) is 24.6 Å². The van der Waals surface area contributed by atoms with Crippen molar-refractivity contribution < 1.29 is 17.6 Å². The van der Waals surface area contributed by atoms with E-state index in [9.17, 15) is 17.6 Å². The minimum atomic E-state index is -3.68. The fourth-order valence-corrected chi connectivity index (χ4v) is 7.51. The van der Waals surface area contributed by atoms with Gasteiger partial charge >= 0.3 is 0 Å². The van der Waals surface area contributed by atoms with Gasteiger partial charge in [-0.2, -0.15) is 14.4 Å². The molecule has 2 atom stereocenters. The van der Waals surface area contributed by atoms with Gasteiger partial charge in [0.05, 0.1) is 21.3 Å². The van der Waals surface area contributed by atoms with E-state index in [2.05, 4.69) is 23.9 Å². The molecule has 10 heteroatoms. The monoisotopic (exact) mass is 564 g/mol. The Morgan fingerprint density at radius 3 is 2.38 bits per heavy atom. The van der Waals surface area contributed by atoms with E-state index < -0.39 is 15.9 Å². The Balaban J connectivity index is 1.46. The summed E-state index contributed by atoms with van der Waals surface area (Å²) in [6, 6.07) is 17.5. The number of anilines is 1. The fourth-order valence-electron chi connectivity index (χ4n) is 4.82. The van der Waals surface area contributed by atoms with E-state index in [1.807, 2.05) is 25.1 Å². The quantitative estimate of drug-likeness (QED) is 0.210. The van der Waals surface area contributed by atoms with Crippen LogP contribution in [0.1, 0.15) is 41.8 Å². The maximum atomic E-state index is 13.7. The van der Waals surface area contributed by atoms with Crippen LogP contribution < -0.4 is 5.01 Å². The maximum Gasteiger partial charge on any atom is 0.280 e. The van der Waals surface area contributed by atoms with Gasteiger partial charge in [0.1, 0.15) is 5.82 Å². The second-order valence-electron chi connectivity index (χ2n) is 10.2. The number of rotatable bonds is 6. The highest BCUT2D eigenvalue weighted by atomic mass is 32.2. The van der Waals surface area contributed by atoms with Crippen molar-refractivity contribution in [3.05, 3.63) is 89.2 Å². The van der Waals surface area contributed by atoms with Gasteiger partial charge in [-0.3, -0.25) is 4.79 Å². The molecule has 0 bridgehead atoms. The summed E-state index contributed by atoms with van der Waals surface area (Å²) in [5.74, 6) is -0.262. The number of aromatic nitrogens is 1. The van der Waals surface area contributed by atoms with Crippen LogP contribution in [-0.2, 0) is 10.0 Å². The first kappa shape index (κ1) is 27.1. The molecule has 1 aliphatic rings. The molecule has 0 spiro atoms. The lowest BCUT2D eigenvalue weighted by molar-refractivity contribution is 0.0987. The van der Waals surface area contributed by atoms with E-state index in [1.54, 1.807) is 12.1 Å². The zero-order valence-corrected chi connectivity index (χ0v) is 23.5. The van der Waals surface area contributed by atoms with E-state index in [0.717, 1.165) is 22.2 Å². The Morgan fingerprint density at radius 1 is 1.05 bits per heavy atom. The molecule has 1 amide bonds. The normalized spacial score (nSPS) is 18.6. The number of benzene rings is 3. The highest BCUT2D eigenvalue weighted by Crippen LogP contribution is 2.31. The van der Waals surface area contributed by atoms with Crippen molar-refractivity contribution in [1.29, 1.82) is 0 Å². The van der Waals surface area contributed by atoms with E-state index in [1.165, 1.54) is 63.3 Å². The first-order valence-electron chi connectivity index (χ1n) is 12.7. The minimum absolute atomic E-state index is 0.150. The molecular formula is C29H29FN4O3S2. The van der Waals surface area contributed by atoms with Crippen molar-refractivity contribution in [1.82, 2.24) is 9.29 Å². The highest BCUT2D eigenvalue weighted by Gasteiger charge is 2.32. The van der Waals surface area contributed by atoms with Gasteiger partial charge in [0, 0.05) is 18.7 Å². The first-order valence-corrected chi connectivity index (χ1v) is 15.0. The number of aryl methyl sites for hydroxylation is 1. The topological polar surface area (TPSA) is 82.9 Å². The molecule has 7 nitrogen and oxygen atoms in total. The summed E-state index contributed by atoms with van der Waals surface area (Å²) in [5, 5.41) is 5.97. The Hall–Kier alpha value is -3.47. The Kier molecular flexibility index (Phi) is 7.61. The molecule has 2 heterocycles. The van der Waals surface area contributed by atoms with E-state index in [-0.39, 0.29) is 28.1 Å². The number of carbonyl (C=O) groups excluding carboxylic acids is 1. The molecule has 1 aromatic heterocycles. The Bertz CT molecular complexity index is 1620. The molecule has 3 aromatic carbocycles. The molecule has 1 aliphatic heterocycles. The number of hydrazone groups is 1. The van der Waals surface area contributed by atoms with E-state index in [0.29, 0.717) is 23.8 Å². The molecule has 0 radical (unpaired) electrons. The standard InChI is InChI=1S/C29H29FN4O3S2/c1-19-4-13-26-27(15-19)38-29(32-26)34(31-16-22-5-9-24(30)10-6-22)28(35)23-7-11-25(12-8-23)39(36,37)33-17-20(2)14-21(3)18-33/h4-13,15-16,20-21H,14,17-18H2,1-3H3/b31-16+. The van der Waals surface area contributed by atoms with E-state index >= 15 is 0 Å². The highest BCUT2D eigenvalue weighted by molar-refractivity contribution is 7.89. The number of sulfonamides is 1. The van der Waals surface area contributed by atoms with Crippen LogP contribution in [0.2, 0.25) is 0 Å². The number of fused-ring (bicyclic) bond motifs is 1. The van der Waals surface area contributed by atoms with Crippen LogP contribution in [0.5, 0.6) is 0 Å². The molecule has 5 rings (SSSR count). The first-order chi connectivity index (χ1) is 18.6. The van der Waals surface area contributed by atoms with Gasteiger partial charge in [0.25, 0.3) is 5.91 Å². The molecule has 1 saturated heterocycles. The van der Waals surface area contributed by atoms with Crippen LogP contribution in [-0.4, -0.2) is 42.9 Å². The molecule has 0 aliphatic carbocycles. The summed E-state index contributed by atoms with van der Waals surface area (Å²) in [4.78, 5) is 18.4. The molecule has 1 fully saturated rings. The number of carbonyl (C=O) groups is 1. The number of amides is 1. The van der Waals surface area contributed by atoms with Gasteiger partial charge in [-0.05, 0) is 84.8 Å². The number of thiazole rings is 1. The zero-order valence-electron chi connectivity index (χ0n) is 21.9. The van der Waals surface area contributed by atoms with Crippen molar-refractivity contribution in [3.8, 4) is 0 Å². The minimum Gasteiger partial charge on any atom is -0.267 e. The summed E-state index contributed by atoms with van der Waals surface area (Å²) in [5.41, 5.74) is 2.68. The number of nitrogens with zero attached hydrogens (tertiary/aromatic N) is 4. The van der Waals surface area contributed by atoms with Crippen LogP contribution in [0.4, 0.5) is 9.52 Å². The molecule has 39 heavy (non-hydrogen) atoms. The third kappa shape index (κ3) is 5.93. The predicted molar refractivity (Wildman–Crippen MR) is 153 cm³/mol. The van der Waals surface area contributed by atoms with Crippen molar-refractivity contribution >= 4 is 48.8 Å². The third-order valence-electron chi connectivity index (χ3n) is 6.67. The van der Waals surface area contributed by atoms with Gasteiger partial charge in [-0.25, -0.2) is 17.8 Å². The average Bonchev–Trinajstić information content (AvgIpc) is 3.32.